The third-order valence-electron chi connectivity index (χ3n) is 2.23. The summed E-state index contributed by atoms with van der Waals surface area (Å²) in [6, 6.07) is 4.47. The minimum Gasteiger partial charge on any atom is -0.352 e. The molecule has 0 unspecified atom stereocenters. The van der Waals surface area contributed by atoms with Crippen molar-refractivity contribution in [2.45, 2.75) is 13.3 Å². The van der Waals surface area contributed by atoms with Gasteiger partial charge in [-0.15, -0.1) is 6.58 Å². The molecule has 0 aromatic heterocycles. The number of hydrogen-bond donors (Lipinski definition) is 1. The number of nitro groups is 1. The fourth-order valence-electron chi connectivity index (χ4n) is 1.37. The molecule has 17 heavy (non-hydrogen) atoms. The Balaban J connectivity index is 2.94. The van der Waals surface area contributed by atoms with Crippen molar-refractivity contribution in [2.75, 3.05) is 6.54 Å². The molecule has 1 N–H and O–H groups in total. The van der Waals surface area contributed by atoms with Crippen molar-refractivity contribution in [1.29, 1.82) is 0 Å². The summed E-state index contributed by atoms with van der Waals surface area (Å²) in [7, 11) is 0. The van der Waals surface area contributed by atoms with E-state index in [-0.39, 0.29) is 11.3 Å². The van der Waals surface area contributed by atoms with E-state index in [1.807, 2.05) is 0 Å². The lowest BCUT2D eigenvalue weighted by Crippen LogP contribution is -2.25. The Labute approximate surface area is 99.3 Å². The number of amides is 1. The van der Waals surface area contributed by atoms with Crippen molar-refractivity contribution in [3.05, 3.63) is 52.1 Å². The number of hydrogen-bond acceptors (Lipinski definition) is 3. The average Bonchev–Trinajstić information content (AvgIpc) is 2.28. The number of nitrogens with one attached hydrogen (secondary N) is 1. The first-order valence-electron chi connectivity index (χ1n) is 5.20. The molecule has 1 aromatic carbocycles. The van der Waals surface area contributed by atoms with Crippen molar-refractivity contribution in [2.24, 2.45) is 0 Å². The fraction of sp³-hybridized carbons (Fsp3) is 0.250. The third-order valence-corrected chi connectivity index (χ3v) is 2.23. The molecule has 0 radical (unpaired) electrons. The molecule has 0 saturated heterocycles. The molecule has 0 aliphatic rings. The minimum atomic E-state index is -0.554. The van der Waals surface area contributed by atoms with E-state index in [0.717, 1.165) is 5.56 Å². The Bertz CT molecular complexity index is 455. The zero-order valence-corrected chi connectivity index (χ0v) is 9.60. The molecular weight excluding hydrogens is 220 g/mol. The van der Waals surface area contributed by atoms with Gasteiger partial charge < -0.3 is 5.32 Å². The van der Waals surface area contributed by atoms with E-state index in [9.17, 15) is 14.9 Å². The van der Waals surface area contributed by atoms with Crippen LogP contribution in [0, 0.1) is 17.0 Å². The molecule has 90 valence electrons. The molecule has 1 rings (SSSR count). The number of nitrogens with zero attached hydrogens (tertiary/aromatic N) is 1. The van der Waals surface area contributed by atoms with Crippen LogP contribution in [0.25, 0.3) is 0 Å². The van der Waals surface area contributed by atoms with E-state index in [1.54, 1.807) is 19.1 Å². The number of carbonyl (C=O) groups excluding carboxylic acids is 1. The SMILES string of the molecule is C=CCCNC(=O)c1cc(C)ccc1[N+](=O)[O-]. The number of aryl methyl sites for hydroxylation is 1. The molecule has 0 aliphatic carbocycles. The standard InChI is InChI=1S/C12H14N2O3/c1-3-4-7-13-12(15)10-8-9(2)5-6-11(10)14(16)17/h3,5-6,8H,1,4,7H2,2H3,(H,13,15). The number of nitro benzene ring substituents is 1. The summed E-state index contributed by atoms with van der Waals surface area (Å²) in [6.45, 7) is 5.74. The lowest BCUT2D eigenvalue weighted by atomic mass is 10.1. The van der Waals surface area contributed by atoms with E-state index in [0.29, 0.717) is 13.0 Å². The van der Waals surface area contributed by atoms with Crippen molar-refractivity contribution >= 4 is 11.6 Å². The Kier molecular flexibility index (Phi) is 4.39. The van der Waals surface area contributed by atoms with Crippen LogP contribution in [0.5, 0.6) is 0 Å². The van der Waals surface area contributed by atoms with Gasteiger partial charge in [-0.3, -0.25) is 14.9 Å². The molecular formula is C12H14N2O3. The van der Waals surface area contributed by atoms with Gasteiger partial charge in [-0.05, 0) is 25.0 Å². The van der Waals surface area contributed by atoms with E-state index in [4.69, 9.17) is 0 Å². The molecule has 1 aromatic rings. The van der Waals surface area contributed by atoms with Crippen LogP contribution in [-0.2, 0) is 0 Å². The highest BCUT2D eigenvalue weighted by atomic mass is 16.6. The maximum atomic E-state index is 11.7. The van der Waals surface area contributed by atoms with Gasteiger partial charge >= 0.3 is 0 Å². The van der Waals surface area contributed by atoms with Gasteiger partial charge in [0.15, 0.2) is 0 Å². The van der Waals surface area contributed by atoms with Crippen molar-refractivity contribution < 1.29 is 9.72 Å². The molecule has 0 saturated carbocycles. The summed E-state index contributed by atoms with van der Waals surface area (Å²) in [4.78, 5) is 22.0. The third kappa shape index (κ3) is 3.41. The highest BCUT2D eigenvalue weighted by Gasteiger charge is 2.19. The first-order chi connectivity index (χ1) is 8.06. The molecule has 1 amide bonds. The van der Waals surface area contributed by atoms with E-state index >= 15 is 0 Å². The Morgan fingerprint density at radius 2 is 2.29 bits per heavy atom. The van der Waals surface area contributed by atoms with Crippen LogP contribution in [-0.4, -0.2) is 17.4 Å². The molecule has 5 nitrogen and oxygen atoms in total. The predicted octanol–water partition coefficient (Wildman–Crippen LogP) is 2.21. The summed E-state index contributed by atoms with van der Waals surface area (Å²) in [5, 5.41) is 13.4. The second-order valence-electron chi connectivity index (χ2n) is 3.61. The quantitative estimate of drug-likeness (QED) is 0.367. The zero-order chi connectivity index (χ0) is 12.8. The summed E-state index contributed by atoms with van der Waals surface area (Å²) >= 11 is 0. The average molecular weight is 234 g/mol. The van der Waals surface area contributed by atoms with Crippen molar-refractivity contribution in [1.82, 2.24) is 5.32 Å². The van der Waals surface area contributed by atoms with Crippen LogP contribution < -0.4 is 5.32 Å². The highest BCUT2D eigenvalue weighted by molar-refractivity contribution is 5.98. The van der Waals surface area contributed by atoms with Gasteiger partial charge in [0.25, 0.3) is 11.6 Å². The van der Waals surface area contributed by atoms with Gasteiger partial charge in [0, 0.05) is 12.6 Å². The Hall–Kier alpha value is -2.17. The number of benzene rings is 1. The molecule has 0 atom stereocenters. The van der Waals surface area contributed by atoms with Crippen molar-refractivity contribution in [3.8, 4) is 0 Å². The summed E-state index contributed by atoms with van der Waals surface area (Å²) in [5.41, 5.74) is 0.732. The summed E-state index contributed by atoms with van der Waals surface area (Å²) in [5.74, 6) is -0.428. The molecule has 0 heterocycles. The largest absolute Gasteiger partial charge is 0.352 e. The van der Waals surface area contributed by atoms with Crippen LogP contribution in [0.3, 0.4) is 0 Å². The molecule has 0 spiro atoms. The van der Waals surface area contributed by atoms with Crippen LogP contribution in [0.1, 0.15) is 22.3 Å². The normalized spacial score (nSPS) is 9.71. The van der Waals surface area contributed by atoms with Gasteiger partial charge in [-0.1, -0.05) is 12.1 Å². The summed E-state index contributed by atoms with van der Waals surface area (Å²) in [6.07, 6.45) is 2.30. The van der Waals surface area contributed by atoms with Gasteiger partial charge in [-0.25, -0.2) is 0 Å². The van der Waals surface area contributed by atoms with Crippen LogP contribution in [0.15, 0.2) is 30.9 Å². The first-order valence-corrected chi connectivity index (χ1v) is 5.20. The van der Waals surface area contributed by atoms with Crippen LogP contribution in [0.4, 0.5) is 5.69 Å². The van der Waals surface area contributed by atoms with E-state index in [1.165, 1.54) is 12.1 Å². The predicted molar refractivity (Wildman–Crippen MR) is 65.0 cm³/mol. The molecule has 0 bridgehead atoms. The van der Waals surface area contributed by atoms with E-state index in [2.05, 4.69) is 11.9 Å². The smallest absolute Gasteiger partial charge is 0.282 e. The number of rotatable bonds is 5. The maximum Gasteiger partial charge on any atom is 0.282 e. The number of carbonyl (C=O) groups is 1. The first kappa shape index (κ1) is 12.9. The molecule has 5 heteroatoms. The minimum absolute atomic E-state index is 0.0964. The van der Waals surface area contributed by atoms with Gasteiger partial charge in [0.2, 0.25) is 0 Å². The molecule has 0 aliphatic heterocycles. The second-order valence-corrected chi connectivity index (χ2v) is 3.61. The zero-order valence-electron chi connectivity index (χ0n) is 9.60. The topological polar surface area (TPSA) is 72.2 Å². The Morgan fingerprint density at radius 1 is 1.59 bits per heavy atom. The fourth-order valence-corrected chi connectivity index (χ4v) is 1.37. The lowest BCUT2D eigenvalue weighted by molar-refractivity contribution is -0.385. The van der Waals surface area contributed by atoms with Crippen LogP contribution in [0.2, 0.25) is 0 Å². The summed E-state index contributed by atoms with van der Waals surface area (Å²) < 4.78 is 0. The van der Waals surface area contributed by atoms with Crippen molar-refractivity contribution in [3.63, 3.8) is 0 Å². The van der Waals surface area contributed by atoms with E-state index < -0.39 is 10.8 Å². The molecule has 0 fully saturated rings. The van der Waals surface area contributed by atoms with Gasteiger partial charge in [0.05, 0.1) is 4.92 Å². The lowest BCUT2D eigenvalue weighted by Gasteiger charge is -2.05. The monoisotopic (exact) mass is 234 g/mol. The van der Waals surface area contributed by atoms with Crippen LogP contribution >= 0.6 is 0 Å². The highest BCUT2D eigenvalue weighted by Crippen LogP contribution is 2.19. The second kappa shape index (κ2) is 5.79. The van der Waals surface area contributed by atoms with Gasteiger partial charge in [-0.2, -0.15) is 0 Å². The van der Waals surface area contributed by atoms with Gasteiger partial charge in [0.1, 0.15) is 5.56 Å². The maximum absolute atomic E-state index is 11.7. The Morgan fingerprint density at radius 3 is 2.88 bits per heavy atom.